The second kappa shape index (κ2) is 5.07. The van der Waals surface area contributed by atoms with Crippen LogP contribution in [0.3, 0.4) is 0 Å². The van der Waals surface area contributed by atoms with Crippen molar-refractivity contribution in [3.63, 3.8) is 0 Å². The van der Waals surface area contributed by atoms with Crippen molar-refractivity contribution in [2.24, 2.45) is 0 Å². The van der Waals surface area contributed by atoms with Crippen LogP contribution in [0.15, 0.2) is 29.2 Å². The molecule has 0 saturated heterocycles. The van der Waals surface area contributed by atoms with Crippen LogP contribution in [0, 0.1) is 20.8 Å². The maximum Gasteiger partial charge on any atom is 0.175 e. The molecule has 20 heavy (non-hydrogen) atoms. The van der Waals surface area contributed by atoms with Crippen LogP contribution in [0.1, 0.15) is 34.2 Å². The van der Waals surface area contributed by atoms with Crippen molar-refractivity contribution in [1.82, 2.24) is 4.98 Å². The van der Waals surface area contributed by atoms with Crippen molar-refractivity contribution in [2.45, 2.75) is 31.8 Å². The Balaban J connectivity index is 2.39. The van der Waals surface area contributed by atoms with Crippen molar-refractivity contribution in [1.29, 1.82) is 0 Å². The molecule has 0 aliphatic carbocycles. The summed E-state index contributed by atoms with van der Waals surface area (Å²) in [6, 6.07) is 6.33. The highest BCUT2D eigenvalue weighted by atomic mass is 32.2. The van der Waals surface area contributed by atoms with E-state index < -0.39 is 15.9 Å². The molecule has 1 aromatic carbocycles. The summed E-state index contributed by atoms with van der Waals surface area (Å²) in [4.78, 5) is 3.44. The van der Waals surface area contributed by atoms with Crippen LogP contribution in [-0.4, -0.2) is 24.8 Å². The Kier molecular flexibility index (Phi) is 3.75. The summed E-state index contributed by atoms with van der Waals surface area (Å²) in [5, 5.41) is 10.4. The van der Waals surface area contributed by atoms with Crippen LogP contribution in [-0.2, 0) is 9.84 Å². The Morgan fingerprint density at radius 1 is 1.05 bits per heavy atom. The molecule has 1 atom stereocenters. The predicted molar refractivity (Wildman–Crippen MR) is 78.6 cm³/mol. The average molecular weight is 293 g/mol. The van der Waals surface area contributed by atoms with E-state index >= 15 is 0 Å². The Morgan fingerprint density at radius 2 is 1.60 bits per heavy atom. The number of aromatic amines is 1. The van der Waals surface area contributed by atoms with Gasteiger partial charge in [0.05, 0.1) is 10.6 Å². The number of rotatable bonds is 3. The van der Waals surface area contributed by atoms with Crippen LogP contribution in [0.5, 0.6) is 0 Å². The molecule has 0 aliphatic rings. The average Bonchev–Trinajstić information content (AvgIpc) is 2.65. The van der Waals surface area contributed by atoms with Gasteiger partial charge in [0.2, 0.25) is 0 Å². The smallest absolute Gasteiger partial charge is 0.175 e. The fourth-order valence-electron chi connectivity index (χ4n) is 2.21. The van der Waals surface area contributed by atoms with E-state index in [0.717, 1.165) is 22.5 Å². The Bertz CT molecular complexity index is 727. The third-order valence-corrected chi connectivity index (χ3v) is 4.88. The summed E-state index contributed by atoms with van der Waals surface area (Å²) in [6.45, 7) is 5.93. The first-order chi connectivity index (χ1) is 9.21. The highest BCUT2D eigenvalue weighted by molar-refractivity contribution is 7.90. The number of H-pyrrole nitrogens is 1. The Morgan fingerprint density at radius 3 is 2.00 bits per heavy atom. The fraction of sp³-hybridized carbons (Fsp3) is 0.333. The number of aliphatic hydroxyl groups excluding tert-OH is 1. The number of aliphatic hydroxyl groups is 1. The fourth-order valence-corrected chi connectivity index (χ4v) is 2.84. The minimum absolute atomic E-state index is 0.254. The van der Waals surface area contributed by atoms with Gasteiger partial charge in [-0.25, -0.2) is 8.42 Å². The van der Waals surface area contributed by atoms with Crippen LogP contribution < -0.4 is 0 Å². The zero-order valence-electron chi connectivity index (χ0n) is 12.1. The molecule has 1 aromatic heterocycles. The molecule has 0 spiro atoms. The monoisotopic (exact) mass is 293 g/mol. The zero-order valence-corrected chi connectivity index (χ0v) is 12.9. The SMILES string of the molecule is Cc1[nH]c(C(O)c2ccc(S(C)(=O)=O)cc2)c(C)c1C. The summed E-state index contributed by atoms with van der Waals surface area (Å²) < 4.78 is 22.8. The van der Waals surface area contributed by atoms with E-state index in [0.29, 0.717) is 5.56 Å². The van der Waals surface area contributed by atoms with Crippen molar-refractivity contribution >= 4 is 9.84 Å². The summed E-state index contributed by atoms with van der Waals surface area (Å²) >= 11 is 0. The predicted octanol–water partition coefficient (Wildman–Crippen LogP) is 2.43. The summed E-state index contributed by atoms with van der Waals surface area (Å²) in [7, 11) is -3.21. The van der Waals surface area contributed by atoms with E-state index in [2.05, 4.69) is 4.98 Å². The quantitative estimate of drug-likeness (QED) is 0.913. The van der Waals surface area contributed by atoms with Crippen LogP contribution in [0.25, 0.3) is 0 Å². The van der Waals surface area contributed by atoms with Gasteiger partial charge >= 0.3 is 0 Å². The largest absolute Gasteiger partial charge is 0.382 e. The molecule has 108 valence electrons. The van der Waals surface area contributed by atoms with Gasteiger partial charge in [-0.05, 0) is 49.6 Å². The van der Waals surface area contributed by atoms with Gasteiger partial charge in [0.15, 0.2) is 9.84 Å². The van der Waals surface area contributed by atoms with Gasteiger partial charge in [0, 0.05) is 11.9 Å². The summed E-state index contributed by atoms with van der Waals surface area (Å²) in [6.07, 6.45) is 0.385. The lowest BCUT2D eigenvalue weighted by molar-refractivity contribution is 0.215. The molecule has 0 radical (unpaired) electrons. The molecule has 0 saturated carbocycles. The molecule has 1 unspecified atom stereocenters. The number of hydrogen-bond donors (Lipinski definition) is 2. The van der Waals surface area contributed by atoms with E-state index in [1.54, 1.807) is 12.1 Å². The van der Waals surface area contributed by atoms with Crippen molar-refractivity contribution in [3.8, 4) is 0 Å². The van der Waals surface area contributed by atoms with Gasteiger partial charge in [-0.1, -0.05) is 12.1 Å². The molecule has 5 heteroatoms. The van der Waals surface area contributed by atoms with E-state index in [1.165, 1.54) is 18.4 Å². The van der Waals surface area contributed by atoms with Crippen molar-refractivity contribution in [2.75, 3.05) is 6.26 Å². The molecule has 2 rings (SSSR count). The maximum atomic E-state index is 11.4. The van der Waals surface area contributed by atoms with Crippen molar-refractivity contribution in [3.05, 3.63) is 52.3 Å². The normalized spacial score (nSPS) is 13.4. The minimum Gasteiger partial charge on any atom is -0.382 e. The van der Waals surface area contributed by atoms with Crippen LogP contribution >= 0.6 is 0 Å². The number of sulfone groups is 1. The van der Waals surface area contributed by atoms with E-state index in [9.17, 15) is 13.5 Å². The van der Waals surface area contributed by atoms with Gasteiger partial charge in [-0.2, -0.15) is 0 Å². The molecule has 4 nitrogen and oxygen atoms in total. The van der Waals surface area contributed by atoms with Crippen LogP contribution in [0.4, 0.5) is 0 Å². The van der Waals surface area contributed by atoms with E-state index in [1.807, 2.05) is 20.8 Å². The molecule has 0 fully saturated rings. The summed E-state index contributed by atoms with van der Waals surface area (Å²) in [5.74, 6) is 0. The lowest BCUT2D eigenvalue weighted by Crippen LogP contribution is -2.03. The summed E-state index contributed by atoms with van der Waals surface area (Å²) in [5.41, 5.74) is 4.62. The number of nitrogens with one attached hydrogen (secondary N) is 1. The molecule has 0 bridgehead atoms. The van der Waals surface area contributed by atoms with Gasteiger partial charge in [0.25, 0.3) is 0 Å². The standard InChI is InChI=1S/C15H19NO3S/c1-9-10(2)14(16-11(9)3)15(17)12-5-7-13(8-6-12)20(4,18)19/h5-8,15-17H,1-4H3. The highest BCUT2D eigenvalue weighted by Gasteiger charge is 2.18. The first kappa shape index (κ1) is 14.8. The molecular formula is C15H19NO3S. The maximum absolute atomic E-state index is 11.4. The minimum atomic E-state index is -3.21. The molecule has 0 aliphatic heterocycles. The van der Waals surface area contributed by atoms with E-state index in [-0.39, 0.29) is 4.90 Å². The third kappa shape index (κ3) is 2.64. The van der Waals surface area contributed by atoms with E-state index in [4.69, 9.17) is 0 Å². The highest BCUT2D eigenvalue weighted by Crippen LogP contribution is 2.28. The topological polar surface area (TPSA) is 70.2 Å². The number of aromatic nitrogens is 1. The number of aryl methyl sites for hydroxylation is 1. The van der Waals surface area contributed by atoms with Crippen LogP contribution in [0.2, 0.25) is 0 Å². The molecule has 0 amide bonds. The van der Waals surface area contributed by atoms with Gasteiger partial charge < -0.3 is 10.1 Å². The number of hydrogen-bond acceptors (Lipinski definition) is 3. The van der Waals surface area contributed by atoms with Gasteiger partial charge in [-0.3, -0.25) is 0 Å². The third-order valence-electron chi connectivity index (χ3n) is 3.75. The molecule has 2 N–H and O–H groups in total. The second-order valence-corrected chi connectivity index (χ2v) is 7.17. The lowest BCUT2D eigenvalue weighted by atomic mass is 10.0. The first-order valence-electron chi connectivity index (χ1n) is 6.35. The van der Waals surface area contributed by atoms with Gasteiger partial charge in [-0.15, -0.1) is 0 Å². The number of benzene rings is 1. The molecular weight excluding hydrogens is 274 g/mol. The second-order valence-electron chi connectivity index (χ2n) is 5.16. The van der Waals surface area contributed by atoms with Gasteiger partial charge in [0.1, 0.15) is 6.10 Å². The van der Waals surface area contributed by atoms with Crippen molar-refractivity contribution < 1.29 is 13.5 Å². The Hall–Kier alpha value is -1.59. The molecule has 1 heterocycles. The lowest BCUT2D eigenvalue weighted by Gasteiger charge is -2.11. The molecule has 2 aromatic rings. The Labute approximate surface area is 119 Å². The zero-order chi connectivity index (χ0) is 15.1. The first-order valence-corrected chi connectivity index (χ1v) is 8.24.